The van der Waals surface area contributed by atoms with E-state index in [0.717, 1.165) is 41.9 Å². The van der Waals surface area contributed by atoms with Crippen LogP contribution in [0.3, 0.4) is 0 Å². The molecule has 0 aromatic heterocycles. The molecule has 0 heterocycles. The van der Waals surface area contributed by atoms with E-state index in [9.17, 15) is 10.1 Å². The van der Waals surface area contributed by atoms with Gasteiger partial charge < -0.3 is 14.2 Å². The molecule has 0 fully saturated rings. The second-order valence-electron chi connectivity index (χ2n) is 8.78. The maximum atomic E-state index is 11.7. The van der Waals surface area contributed by atoms with Crippen LogP contribution in [0.25, 0.3) is 12.2 Å². The van der Waals surface area contributed by atoms with E-state index in [1.54, 1.807) is 19.2 Å². The van der Waals surface area contributed by atoms with Crippen molar-refractivity contribution < 1.29 is 19.1 Å². The van der Waals surface area contributed by atoms with E-state index in [1.165, 1.54) is 11.6 Å². The number of nitrogens with zero attached hydrogens (tertiary/aromatic N) is 1. The molecule has 0 bridgehead atoms. The largest absolute Gasteiger partial charge is 0.497 e. The Morgan fingerprint density at radius 2 is 1.47 bits per heavy atom. The molecule has 0 saturated carbocycles. The molecule has 38 heavy (non-hydrogen) atoms. The number of nitro groups is 1. The Balaban J connectivity index is 1.35. The van der Waals surface area contributed by atoms with Crippen LogP contribution >= 0.6 is 0 Å². The fraction of sp³-hybridized carbons (Fsp3) is 0.188. The van der Waals surface area contributed by atoms with Gasteiger partial charge in [-0.05, 0) is 60.2 Å². The highest BCUT2D eigenvalue weighted by molar-refractivity contribution is 5.75. The van der Waals surface area contributed by atoms with E-state index >= 15 is 0 Å². The molecule has 0 aliphatic rings. The highest BCUT2D eigenvalue weighted by atomic mass is 16.6. The first kappa shape index (κ1) is 26.5. The Morgan fingerprint density at radius 3 is 2.18 bits per heavy atom. The van der Waals surface area contributed by atoms with E-state index in [4.69, 9.17) is 14.2 Å². The lowest BCUT2D eigenvalue weighted by atomic mass is 10.1. The Kier molecular flexibility index (Phi) is 9.51. The van der Waals surface area contributed by atoms with Crippen molar-refractivity contribution in [1.29, 1.82) is 0 Å². The number of benzene rings is 4. The zero-order valence-electron chi connectivity index (χ0n) is 21.4. The minimum atomic E-state index is -0.424. The zero-order valence-corrected chi connectivity index (χ0v) is 21.4. The third kappa shape index (κ3) is 7.71. The van der Waals surface area contributed by atoms with Crippen molar-refractivity contribution in [2.45, 2.75) is 25.9 Å². The summed E-state index contributed by atoms with van der Waals surface area (Å²) in [5, 5.41) is 11.7. The van der Waals surface area contributed by atoms with Gasteiger partial charge in [-0.15, -0.1) is 0 Å². The maximum Gasteiger partial charge on any atom is 0.311 e. The number of methoxy groups -OCH3 is 1. The van der Waals surface area contributed by atoms with Gasteiger partial charge in [0.1, 0.15) is 18.1 Å². The molecule has 4 aromatic carbocycles. The topological polar surface area (TPSA) is 70.8 Å². The smallest absolute Gasteiger partial charge is 0.311 e. The summed E-state index contributed by atoms with van der Waals surface area (Å²) in [6, 6.07) is 30.6. The molecule has 194 valence electrons. The number of unbranched alkanes of at least 4 members (excludes halogenated alkanes) is 1. The number of nitro benzene ring substituents is 1. The van der Waals surface area contributed by atoms with Gasteiger partial charge in [-0.2, -0.15) is 0 Å². The van der Waals surface area contributed by atoms with Gasteiger partial charge in [-0.1, -0.05) is 78.9 Å². The highest BCUT2D eigenvalue weighted by Gasteiger charge is 2.18. The summed E-state index contributed by atoms with van der Waals surface area (Å²) >= 11 is 0. The first-order chi connectivity index (χ1) is 18.6. The van der Waals surface area contributed by atoms with Gasteiger partial charge >= 0.3 is 5.69 Å². The minimum absolute atomic E-state index is 0.0725. The van der Waals surface area contributed by atoms with Crippen LogP contribution in [0.2, 0.25) is 0 Å². The summed E-state index contributed by atoms with van der Waals surface area (Å²) in [6.45, 7) is 0.873. The summed E-state index contributed by atoms with van der Waals surface area (Å²) in [6.07, 6.45) is 6.86. The molecule has 0 aliphatic heterocycles. The lowest BCUT2D eigenvalue weighted by Crippen LogP contribution is -2.01. The molecule has 0 unspecified atom stereocenters. The van der Waals surface area contributed by atoms with Gasteiger partial charge in [0.2, 0.25) is 5.75 Å². The molecule has 0 N–H and O–H groups in total. The molecule has 0 spiro atoms. The summed E-state index contributed by atoms with van der Waals surface area (Å²) in [5.74, 6) is 1.79. The van der Waals surface area contributed by atoms with E-state index in [-0.39, 0.29) is 18.0 Å². The first-order valence-electron chi connectivity index (χ1n) is 12.6. The van der Waals surface area contributed by atoms with Gasteiger partial charge in [-0.25, -0.2) is 0 Å². The van der Waals surface area contributed by atoms with Gasteiger partial charge in [0.05, 0.1) is 18.6 Å². The number of hydrogen-bond donors (Lipinski definition) is 0. The molecule has 6 nitrogen and oxygen atoms in total. The summed E-state index contributed by atoms with van der Waals surface area (Å²) in [4.78, 5) is 11.2. The third-order valence-electron chi connectivity index (χ3n) is 6.07. The zero-order chi connectivity index (χ0) is 26.6. The summed E-state index contributed by atoms with van der Waals surface area (Å²) in [7, 11) is 1.60. The van der Waals surface area contributed by atoms with Crippen molar-refractivity contribution >= 4 is 17.8 Å². The van der Waals surface area contributed by atoms with E-state index in [1.807, 2.05) is 66.7 Å². The van der Waals surface area contributed by atoms with E-state index in [2.05, 4.69) is 24.3 Å². The van der Waals surface area contributed by atoms with Crippen molar-refractivity contribution in [2.24, 2.45) is 0 Å². The average Bonchev–Trinajstić information content (AvgIpc) is 2.96. The van der Waals surface area contributed by atoms with Crippen LogP contribution in [0.5, 0.6) is 17.2 Å². The van der Waals surface area contributed by atoms with Crippen LogP contribution < -0.4 is 14.2 Å². The van der Waals surface area contributed by atoms with Crippen molar-refractivity contribution in [3.05, 3.63) is 129 Å². The van der Waals surface area contributed by atoms with Crippen molar-refractivity contribution in [3.8, 4) is 17.2 Å². The SMILES string of the molecule is COc1ccc(COc2c(C=Cc3ccc(OCCCCc4ccccc4)cc3)cccc2[N+](=O)[O-])cc1. The normalized spacial score (nSPS) is 10.9. The number of hydrogen-bond acceptors (Lipinski definition) is 5. The summed E-state index contributed by atoms with van der Waals surface area (Å²) in [5.41, 5.74) is 3.74. The molecule has 4 rings (SSSR count). The highest BCUT2D eigenvalue weighted by Crippen LogP contribution is 2.33. The van der Waals surface area contributed by atoms with Crippen LogP contribution in [-0.4, -0.2) is 18.6 Å². The summed E-state index contributed by atoms with van der Waals surface area (Å²) < 4.78 is 17.0. The van der Waals surface area contributed by atoms with Crippen molar-refractivity contribution in [2.75, 3.05) is 13.7 Å². The average molecular weight is 510 g/mol. The fourth-order valence-electron chi connectivity index (χ4n) is 3.98. The molecule has 0 atom stereocenters. The molecular weight excluding hydrogens is 478 g/mol. The Morgan fingerprint density at radius 1 is 0.737 bits per heavy atom. The van der Waals surface area contributed by atoms with E-state index < -0.39 is 4.92 Å². The van der Waals surface area contributed by atoms with Crippen molar-refractivity contribution in [1.82, 2.24) is 0 Å². The molecular formula is C32H31NO5. The monoisotopic (exact) mass is 509 g/mol. The van der Waals surface area contributed by atoms with Gasteiger partial charge in [-0.3, -0.25) is 10.1 Å². The van der Waals surface area contributed by atoms with Crippen LogP contribution in [0.15, 0.2) is 97.1 Å². The Labute approximate surface area is 223 Å². The lowest BCUT2D eigenvalue weighted by Gasteiger charge is -2.10. The quantitative estimate of drug-likeness (QED) is 0.0797. The Bertz CT molecular complexity index is 1330. The fourth-order valence-corrected chi connectivity index (χ4v) is 3.98. The van der Waals surface area contributed by atoms with Gasteiger partial charge in [0, 0.05) is 11.6 Å². The van der Waals surface area contributed by atoms with Crippen LogP contribution in [0.1, 0.15) is 35.1 Å². The van der Waals surface area contributed by atoms with Crippen LogP contribution in [0, 0.1) is 10.1 Å². The second kappa shape index (κ2) is 13.7. The first-order valence-corrected chi connectivity index (χ1v) is 12.6. The number of aryl methyl sites for hydroxylation is 1. The standard InChI is InChI=1S/C32H31NO5/c1-36-29-19-16-27(17-20-29)24-38-32-28(11-7-12-31(32)33(34)35)18-13-26-14-21-30(22-15-26)37-23-6-5-10-25-8-3-2-4-9-25/h2-4,7-9,11-22H,5-6,10,23-24H2,1H3. The van der Waals surface area contributed by atoms with Crippen molar-refractivity contribution in [3.63, 3.8) is 0 Å². The van der Waals surface area contributed by atoms with Crippen LogP contribution in [0.4, 0.5) is 5.69 Å². The number of ether oxygens (including phenoxy) is 3. The molecule has 4 aromatic rings. The molecule has 0 radical (unpaired) electrons. The Hall–Kier alpha value is -4.58. The second-order valence-corrected chi connectivity index (χ2v) is 8.78. The number of para-hydroxylation sites is 1. The molecule has 6 heteroatoms. The van der Waals surface area contributed by atoms with Crippen LogP contribution in [-0.2, 0) is 13.0 Å². The molecule has 0 aliphatic carbocycles. The minimum Gasteiger partial charge on any atom is -0.497 e. The predicted molar refractivity (Wildman–Crippen MR) is 151 cm³/mol. The van der Waals surface area contributed by atoms with E-state index in [0.29, 0.717) is 12.2 Å². The predicted octanol–water partition coefficient (Wildman–Crippen LogP) is 7.75. The number of rotatable bonds is 13. The lowest BCUT2D eigenvalue weighted by molar-refractivity contribution is -0.386. The van der Waals surface area contributed by atoms with Gasteiger partial charge in [0.25, 0.3) is 0 Å². The maximum absolute atomic E-state index is 11.7. The molecule has 0 amide bonds. The third-order valence-corrected chi connectivity index (χ3v) is 6.07. The molecule has 0 saturated heterocycles. The van der Waals surface area contributed by atoms with Gasteiger partial charge in [0.15, 0.2) is 0 Å².